The maximum atomic E-state index is 12.9. The van der Waals surface area contributed by atoms with Crippen molar-refractivity contribution in [2.24, 2.45) is 0 Å². The van der Waals surface area contributed by atoms with Crippen LogP contribution in [0.1, 0.15) is 16.8 Å². The average Bonchev–Trinajstić information content (AvgIpc) is 3.22. The molecule has 116 valence electrons. The number of carbonyl (C=O) groups is 1. The summed E-state index contributed by atoms with van der Waals surface area (Å²) >= 11 is 1.66. The number of benzene rings is 1. The van der Waals surface area contributed by atoms with Crippen molar-refractivity contribution in [3.63, 3.8) is 0 Å². The van der Waals surface area contributed by atoms with Crippen LogP contribution in [0, 0.1) is 0 Å². The Labute approximate surface area is 134 Å². The normalized spacial score (nSPS) is 23.3. The van der Waals surface area contributed by atoms with E-state index in [2.05, 4.69) is 22.3 Å². The summed E-state index contributed by atoms with van der Waals surface area (Å²) in [6.45, 7) is 6.11. The molecular weight excluding hydrogens is 294 g/mol. The molecule has 0 saturated carbocycles. The number of nitrogens with one attached hydrogen (secondary N) is 1. The molecule has 3 heterocycles. The molecule has 0 spiro atoms. The number of rotatable bonds is 2. The summed E-state index contributed by atoms with van der Waals surface area (Å²) in [5.41, 5.74) is 0.876. The minimum Gasteiger partial charge on any atom is -0.337 e. The van der Waals surface area contributed by atoms with E-state index in [9.17, 15) is 4.79 Å². The van der Waals surface area contributed by atoms with Crippen LogP contribution in [0.3, 0.4) is 0 Å². The molecule has 2 aliphatic rings. The second-order valence-electron chi connectivity index (χ2n) is 6.13. The Kier molecular flexibility index (Phi) is 3.86. The average molecular weight is 315 g/mol. The zero-order chi connectivity index (χ0) is 14.9. The first-order valence-electron chi connectivity index (χ1n) is 8.03. The zero-order valence-corrected chi connectivity index (χ0v) is 13.4. The first-order chi connectivity index (χ1) is 10.8. The molecule has 1 atom stereocenters. The van der Waals surface area contributed by atoms with Gasteiger partial charge in [0.2, 0.25) is 0 Å². The van der Waals surface area contributed by atoms with Gasteiger partial charge in [0.05, 0.1) is 5.56 Å². The number of amides is 1. The second kappa shape index (κ2) is 5.99. The van der Waals surface area contributed by atoms with Gasteiger partial charge in [-0.3, -0.25) is 9.69 Å². The zero-order valence-electron chi connectivity index (χ0n) is 12.6. The summed E-state index contributed by atoms with van der Waals surface area (Å²) in [7, 11) is 0. The molecule has 0 radical (unpaired) electrons. The molecule has 1 aromatic carbocycles. The number of hydrogen-bond acceptors (Lipinski definition) is 4. The largest absolute Gasteiger partial charge is 0.337 e. The fourth-order valence-corrected chi connectivity index (χ4v) is 4.52. The lowest BCUT2D eigenvalue weighted by Gasteiger charge is -2.32. The van der Waals surface area contributed by atoms with Crippen LogP contribution in [0.5, 0.6) is 0 Å². The van der Waals surface area contributed by atoms with Crippen LogP contribution in [0.15, 0.2) is 29.6 Å². The maximum Gasteiger partial charge on any atom is 0.255 e. The Hall–Kier alpha value is -1.43. The summed E-state index contributed by atoms with van der Waals surface area (Å²) < 4.78 is 1.20. The lowest BCUT2D eigenvalue weighted by atomic mass is 10.1. The Bertz CT molecular complexity index is 677. The molecule has 2 saturated heterocycles. The summed E-state index contributed by atoms with van der Waals surface area (Å²) in [5, 5.41) is 6.51. The van der Waals surface area contributed by atoms with Crippen LogP contribution in [0.2, 0.25) is 0 Å². The summed E-state index contributed by atoms with van der Waals surface area (Å²) in [5.74, 6) is 0.204. The van der Waals surface area contributed by atoms with E-state index in [1.165, 1.54) is 4.70 Å². The summed E-state index contributed by atoms with van der Waals surface area (Å²) in [4.78, 5) is 17.4. The third-order valence-corrected chi connectivity index (χ3v) is 5.79. The quantitative estimate of drug-likeness (QED) is 0.921. The highest BCUT2D eigenvalue weighted by Crippen LogP contribution is 2.28. The molecule has 2 aliphatic heterocycles. The van der Waals surface area contributed by atoms with Crippen molar-refractivity contribution in [1.29, 1.82) is 0 Å². The van der Waals surface area contributed by atoms with E-state index in [1.807, 2.05) is 22.4 Å². The van der Waals surface area contributed by atoms with E-state index < -0.39 is 0 Å². The van der Waals surface area contributed by atoms with Crippen molar-refractivity contribution >= 4 is 27.3 Å². The van der Waals surface area contributed by atoms with E-state index in [0.717, 1.165) is 56.6 Å². The van der Waals surface area contributed by atoms with E-state index in [0.29, 0.717) is 6.04 Å². The van der Waals surface area contributed by atoms with Crippen LogP contribution in [-0.4, -0.2) is 61.0 Å². The lowest BCUT2D eigenvalue weighted by Crippen LogP contribution is -2.49. The first-order valence-corrected chi connectivity index (χ1v) is 8.91. The number of nitrogens with zero attached hydrogens (tertiary/aromatic N) is 2. The van der Waals surface area contributed by atoms with Crippen LogP contribution in [0.4, 0.5) is 0 Å². The van der Waals surface area contributed by atoms with Crippen LogP contribution in [-0.2, 0) is 0 Å². The molecule has 5 heteroatoms. The minimum atomic E-state index is 0.204. The van der Waals surface area contributed by atoms with Gasteiger partial charge in [-0.15, -0.1) is 11.3 Å². The smallest absolute Gasteiger partial charge is 0.255 e. The van der Waals surface area contributed by atoms with Crippen molar-refractivity contribution in [2.75, 3.05) is 39.3 Å². The second-order valence-corrected chi connectivity index (χ2v) is 7.04. The molecule has 0 aliphatic carbocycles. The van der Waals surface area contributed by atoms with Gasteiger partial charge in [0.15, 0.2) is 0 Å². The number of fused-ring (bicyclic) bond motifs is 1. The maximum absolute atomic E-state index is 12.9. The third kappa shape index (κ3) is 2.53. The molecule has 2 aromatic rings. The third-order valence-electron chi connectivity index (χ3n) is 4.83. The summed E-state index contributed by atoms with van der Waals surface area (Å²) in [6.07, 6.45) is 1.10. The Balaban J connectivity index is 1.49. The van der Waals surface area contributed by atoms with Gasteiger partial charge in [0, 0.05) is 60.8 Å². The van der Waals surface area contributed by atoms with E-state index in [4.69, 9.17) is 0 Å². The molecule has 0 bridgehead atoms. The molecule has 1 amide bonds. The van der Waals surface area contributed by atoms with E-state index >= 15 is 0 Å². The van der Waals surface area contributed by atoms with Gasteiger partial charge < -0.3 is 10.2 Å². The minimum absolute atomic E-state index is 0.204. The number of thiophene rings is 1. The van der Waals surface area contributed by atoms with Gasteiger partial charge in [-0.2, -0.15) is 0 Å². The molecule has 4 rings (SSSR count). The van der Waals surface area contributed by atoms with E-state index in [1.54, 1.807) is 11.3 Å². The van der Waals surface area contributed by atoms with E-state index in [-0.39, 0.29) is 5.91 Å². The lowest BCUT2D eigenvalue weighted by molar-refractivity contribution is 0.0776. The number of likely N-dealkylation sites (tertiary alicyclic amines) is 1. The highest BCUT2D eigenvalue weighted by molar-refractivity contribution is 7.17. The standard InChI is InChI=1S/C17H21N3OS/c21-17(15-12-22-16-4-2-1-3-14(15)16)20-8-5-13(11-20)19-9-6-18-7-10-19/h1-4,12-13,18H,5-11H2. The molecule has 1 aromatic heterocycles. The van der Waals surface area contributed by atoms with Gasteiger partial charge in [0.1, 0.15) is 0 Å². The molecule has 1 N–H and O–H groups in total. The Morgan fingerprint density at radius 3 is 2.86 bits per heavy atom. The van der Waals surface area contributed by atoms with Crippen LogP contribution >= 0.6 is 11.3 Å². The first kappa shape index (κ1) is 14.2. The monoisotopic (exact) mass is 315 g/mol. The number of carbonyl (C=O) groups excluding carboxylic acids is 1. The number of piperazine rings is 1. The highest BCUT2D eigenvalue weighted by atomic mass is 32.1. The Morgan fingerprint density at radius 2 is 2.00 bits per heavy atom. The molecule has 4 nitrogen and oxygen atoms in total. The van der Waals surface area contributed by atoms with Crippen molar-refractivity contribution < 1.29 is 4.79 Å². The van der Waals surface area contributed by atoms with Gasteiger partial charge in [0.25, 0.3) is 5.91 Å². The van der Waals surface area contributed by atoms with Crippen LogP contribution < -0.4 is 5.32 Å². The van der Waals surface area contributed by atoms with Crippen molar-refractivity contribution in [2.45, 2.75) is 12.5 Å². The van der Waals surface area contributed by atoms with Crippen LogP contribution in [0.25, 0.3) is 10.1 Å². The Morgan fingerprint density at radius 1 is 1.18 bits per heavy atom. The fourth-order valence-electron chi connectivity index (χ4n) is 3.59. The number of hydrogen-bond donors (Lipinski definition) is 1. The predicted molar refractivity (Wildman–Crippen MR) is 90.6 cm³/mol. The van der Waals surface area contributed by atoms with Crippen molar-refractivity contribution in [3.8, 4) is 0 Å². The summed E-state index contributed by atoms with van der Waals surface area (Å²) in [6, 6.07) is 8.73. The van der Waals surface area contributed by atoms with Crippen molar-refractivity contribution in [1.82, 2.24) is 15.1 Å². The SMILES string of the molecule is O=C(c1csc2ccccc12)N1CCC(N2CCNCC2)C1. The predicted octanol–water partition coefficient (Wildman–Crippen LogP) is 2.02. The van der Waals surface area contributed by atoms with Gasteiger partial charge in [-0.1, -0.05) is 18.2 Å². The molecule has 22 heavy (non-hydrogen) atoms. The highest BCUT2D eigenvalue weighted by Gasteiger charge is 2.32. The van der Waals surface area contributed by atoms with Gasteiger partial charge in [-0.05, 0) is 12.5 Å². The molecule has 1 unspecified atom stereocenters. The topological polar surface area (TPSA) is 35.6 Å². The van der Waals surface area contributed by atoms with Gasteiger partial charge in [-0.25, -0.2) is 0 Å². The van der Waals surface area contributed by atoms with Crippen molar-refractivity contribution in [3.05, 3.63) is 35.2 Å². The molecular formula is C17H21N3OS. The fraction of sp³-hybridized carbons (Fsp3) is 0.471. The van der Waals surface area contributed by atoms with Gasteiger partial charge >= 0.3 is 0 Å². The molecule has 2 fully saturated rings.